The number of furan rings is 1. The SMILES string of the molecule is C[C@H]1C[C@H]1c1ccc(CN(C)CC(N)=O)o1. The zero-order chi connectivity index (χ0) is 11.7. The molecule has 88 valence electrons. The minimum atomic E-state index is -0.315. The minimum Gasteiger partial charge on any atom is -0.464 e. The van der Waals surface area contributed by atoms with Crippen LogP contribution in [0.2, 0.25) is 0 Å². The van der Waals surface area contributed by atoms with Gasteiger partial charge in [0.25, 0.3) is 0 Å². The summed E-state index contributed by atoms with van der Waals surface area (Å²) < 4.78 is 5.74. The van der Waals surface area contributed by atoms with Crippen molar-refractivity contribution in [3.05, 3.63) is 23.7 Å². The number of carbonyl (C=O) groups is 1. The molecule has 1 aromatic rings. The van der Waals surface area contributed by atoms with Gasteiger partial charge in [0, 0.05) is 5.92 Å². The molecule has 0 spiro atoms. The van der Waals surface area contributed by atoms with E-state index in [0.29, 0.717) is 12.5 Å². The van der Waals surface area contributed by atoms with Crippen LogP contribution in [0.15, 0.2) is 16.5 Å². The molecule has 1 aromatic heterocycles. The highest BCUT2D eigenvalue weighted by Crippen LogP contribution is 2.47. The lowest BCUT2D eigenvalue weighted by Crippen LogP contribution is -2.30. The van der Waals surface area contributed by atoms with Crippen LogP contribution in [0.25, 0.3) is 0 Å². The molecule has 2 rings (SSSR count). The quantitative estimate of drug-likeness (QED) is 0.817. The third kappa shape index (κ3) is 2.64. The van der Waals surface area contributed by atoms with Crippen LogP contribution in [0.5, 0.6) is 0 Å². The maximum atomic E-state index is 10.7. The molecule has 0 saturated heterocycles. The Hall–Kier alpha value is -1.29. The van der Waals surface area contributed by atoms with Crippen LogP contribution in [0.1, 0.15) is 30.8 Å². The standard InChI is InChI=1S/C12H18N2O2/c1-8-5-10(8)11-4-3-9(16-11)6-14(2)7-12(13)15/h3-4,8,10H,5-7H2,1-2H3,(H2,13,15)/t8-,10+/m0/s1. The zero-order valence-electron chi connectivity index (χ0n) is 9.77. The topological polar surface area (TPSA) is 59.5 Å². The summed E-state index contributed by atoms with van der Waals surface area (Å²) >= 11 is 0. The van der Waals surface area contributed by atoms with Crippen molar-refractivity contribution < 1.29 is 9.21 Å². The van der Waals surface area contributed by atoms with Gasteiger partial charge in [0.2, 0.25) is 5.91 Å². The van der Waals surface area contributed by atoms with E-state index in [1.54, 1.807) is 0 Å². The number of primary amides is 1. The van der Waals surface area contributed by atoms with E-state index in [2.05, 4.69) is 6.92 Å². The van der Waals surface area contributed by atoms with Gasteiger partial charge >= 0.3 is 0 Å². The summed E-state index contributed by atoms with van der Waals surface area (Å²) in [4.78, 5) is 12.6. The predicted molar refractivity (Wildman–Crippen MR) is 60.8 cm³/mol. The molecule has 0 radical (unpaired) electrons. The van der Waals surface area contributed by atoms with Crippen LogP contribution in [0, 0.1) is 5.92 Å². The van der Waals surface area contributed by atoms with Crippen molar-refractivity contribution in [2.45, 2.75) is 25.8 Å². The Morgan fingerprint density at radius 3 is 2.88 bits per heavy atom. The van der Waals surface area contributed by atoms with Crippen LogP contribution in [0.4, 0.5) is 0 Å². The van der Waals surface area contributed by atoms with Crippen LogP contribution in [0.3, 0.4) is 0 Å². The Kier molecular flexibility index (Phi) is 3.01. The Bertz CT molecular complexity index is 386. The van der Waals surface area contributed by atoms with E-state index >= 15 is 0 Å². The molecular formula is C12H18N2O2. The van der Waals surface area contributed by atoms with E-state index < -0.39 is 0 Å². The van der Waals surface area contributed by atoms with Gasteiger partial charge in [-0.2, -0.15) is 0 Å². The highest BCUT2D eigenvalue weighted by molar-refractivity contribution is 5.75. The van der Waals surface area contributed by atoms with Crippen molar-refractivity contribution in [3.63, 3.8) is 0 Å². The third-order valence-corrected chi connectivity index (χ3v) is 3.01. The van der Waals surface area contributed by atoms with Crippen molar-refractivity contribution >= 4 is 5.91 Å². The monoisotopic (exact) mass is 222 g/mol. The van der Waals surface area contributed by atoms with Gasteiger partial charge in [0.1, 0.15) is 11.5 Å². The lowest BCUT2D eigenvalue weighted by atomic mass is 10.3. The van der Waals surface area contributed by atoms with E-state index in [9.17, 15) is 4.79 Å². The minimum absolute atomic E-state index is 0.260. The Balaban J connectivity index is 1.90. The van der Waals surface area contributed by atoms with E-state index in [4.69, 9.17) is 10.2 Å². The highest BCUT2D eigenvalue weighted by Gasteiger charge is 2.36. The van der Waals surface area contributed by atoms with Crippen molar-refractivity contribution in [1.82, 2.24) is 4.90 Å². The molecule has 1 fully saturated rings. The second kappa shape index (κ2) is 4.29. The molecule has 0 unspecified atom stereocenters. The lowest BCUT2D eigenvalue weighted by molar-refractivity contribution is -0.119. The first-order valence-electron chi connectivity index (χ1n) is 5.61. The van der Waals surface area contributed by atoms with E-state index in [0.717, 1.165) is 17.4 Å². The largest absolute Gasteiger partial charge is 0.464 e. The summed E-state index contributed by atoms with van der Waals surface area (Å²) in [6.07, 6.45) is 1.23. The third-order valence-electron chi connectivity index (χ3n) is 3.01. The second-order valence-electron chi connectivity index (χ2n) is 4.76. The molecule has 2 atom stereocenters. The zero-order valence-corrected chi connectivity index (χ0v) is 9.77. The fourth-order valence-corrected chi connectivity index (χ4v) is 1.99. The first-order chi connectivity index (χ1) is 7.56. The molecule has 1 heterocycles. The predicted octanol–water partition coefficient (Wildman–Crippen LogP) is 1.32. The van der Waals surface area contributed by atoms with Gasteiger partial charge in [-0.1, -0.05) is 6.92 Å². The molecular weight excluding hydrogens is 204 g/mol. The first kappa shape index (κ1) is 11.2. The van der Waals surface area contributed by atoms with Gasteiger partial charge < -0.3 is 10.2 Å². The lowest BCUT2D eigenvalue weighted by Gasteiger charge is -2.11. The summed E-state index contributed by atoms with van der Waals surface area (Å²) in [6, 6.07) is 4.03. The highest BCUT2D eigenvalue weighted by atomic mass is 16.3. The second-order valence-corrected chi connectivity index (χ2v) is 4.76. The van der Waals surface area contributed by atoms with E-state index in [-0.39, 0.29) is 12.5 Å². The number of hydrogen-bond acceptors (Lipinski definition) is 3. The number of rotatable bonds is 5. The smallest absolute Gasteiger partial charge is 0.231 e. The maximum Gasteiger partial charge on any atom is 0.231 e. The van der Waals surface area contributed by atoms with Gasteiger partial charge in [-0.15, -0.1) is 0 Å². The Morgan fingerprint density at radius 2 is 2.31 bits per heavy atom. The van der Waals surface area contributed by atoms with Gasteiger partial charge in [-0.05, 0) is 31.5 Å². The first-order valence-corrected chi connectivity index (χ1v) is 5.61. The molecule has 1 aliphatic rings. The molecule has 4 heteroatoms. The van der Waals surface area contributed by atoms with Crippen LogP contribution in [-0.4, -0.2) is 24.4 Å². The molecule has 1 aliphatic carbocycles. The van der Waals surface area contributed by atoms with Gasteiger partial charge in [-0.25, -0.2) is 0 Å². The summed E-state index contributed by atoms with van der Waals surface area (Å²) in [5.74, 6) is 3.02. The fraction of sp³-hybridized carbons (Fsp3) is 0.583. The fourth-order valence-electron chi connectivity index (χ4n) is 1.99. The maximum absolute atomic E-state index is 10.7. The van der Waals surface area contributed by atoms with Crippen LogP contribution < -0.4 is 5.73 Å². The Morgan fingerprint density at radius 1 is 1.62 bits per heavy atom. The summed E-state index contributed by atoms with van der Waals surface area (Å²) in [5.41, 5.74) is 5.12. The number of likely N-dealkylation sites (N-methyl/N-ethyl adjacent to an activating group) is 1. The summed E-state index contributed by atoms with van der Waals surface area (Å²) in [6.45, 7) is 3.12. The molecule has 16 heavy (non-hydrogen) atoms. The molecule has 0 bridgehead atoms. The van der Waals surface area contributed by atoms with Gasteiger partial charge in [0.05, 0.1) is 13.1 Å². The van der Waals surface area contributed by atoms with Crippen molar-refractivity contribution in [2.75, 3.05) is 13.6 Å². The molecule has 0 aromatic carbocycles. The van der Waals surface area contributed by atoms with Crippen molar-refractivity contribution in [3.8, 4) is 0 Å². The average molecular weight is 222 g/mol. The number of hydrogen-bond donors (Lipinski definition) is 1. The van der Waals surface area contributed by atoms with E-state index in [1.807, 2.05) is 24.1 Å². The van der Waals surface area contributed by atoms with Crippen LogP contribution >= 0.6 is 0 Å². The molecule has 2 N–H and O–H groups in total. The molecule has 1 amide bonds. The van der Waals surface area contributed by atoms with Gasteiger partial charge in [-0.3, -0.25) is 9.69 Å². The Labute approximate surface area is 95.4 Å². The average Bonchev–Trinajstić information content (AvgIpc) is 2.73. The summed E-state index contributed by atoms with van der Waals surface area (Å²) in [5, 5.41) is 0. The van der Waals surface area contributed by atoms with E-state index in [1.165, 1.54) is 6.42 Å². The van der Waals surface area contributed by atoms with Gasteiger partial charge in [0.15, 0.2) is 0 Å². The number of nitrogens with zero attached hydrogens (tertiary/aromatic N) is 1. The molecule has 4 nitrogen and oxygen atoms in total. The number of amides is 1. The van der Waals surface area contributed by atoms with Crippen molar-refractivity contribution in [1.29, 1.82) is 0 Å². The number of carbonyl (C=O) groups excluding carboxylic acids is 1. The van der Waals surface area contributed by atoms with Crippen molar-refractivity contribution in [2.24, 2.45) is 11.7 Å². The number of nitrogens with two attached hydrogens (primary N) is 1. The molecule has 1 saturated carbocycles. The summed E-state index contributed by atoms with van der Waals surface area (Å²) in [7, 11) is 1.85. The van der Waals surface area contributed by atoms with Crippen LogP contribution in [-0.2, 0) is 11.3 Å². The normalized spacial score (nSPS) is 23.7. The molecule has 0 aliphatic heterocycles.